The molecule has 0 spiro atoms. The van der Waals surface area contributed by atoms with Gasteiger partial charge in [-0.05, 0) is 43.0 Å². The number of amides is 1. The molecule has 3 aromatic rings. The molecular formula is C17H13ClN4O. The molecule has 1 aromatic carbocycles. The molecule has 0 unspecified atom stereocenters. The van der Waals surface area contributed by atoms with Gasteiger partial charge in [0.2, 0.25) is 0 Å². The van der Waals surface area contributed by atoms with E-state index in [4.69, 9.17) is 11.6 Å². The SMILES string of the molecule is O=C(NC12CC1C2)c1nc2cccnn2c1-c1ccc(Cl)cc1. The Morgan fingerprint density at radius 2 is 2.00 bits per heavy atom. The number of benzene rings is 1. The van der Waals surface area contributed by atoms with Gasteiger partial charge in [-0.1, -0.05) is 23.7 Å². The number of hydrogen-bond donors (Lipinski definition) is 1. The Morgan fingerprint density at radius 3 is 2.70 bits per heavy atom. The van der Waals surface area contributed by atoms with Crippen LogP contribution >= 0.6 is 11.6 Å². The van der Waals surface area contributed by atoms with Crippen LogP contribution in [0.25, 0.3) is 16.9 Å². The molecule has 23 heavy (non-hydrogen) atoms. The summed E-state index contributed by atoms with van der Waals surface area (Å²) in [5.41, 5.74) is 2.70. The zero-order valence-electron chi connectivity index (χ0n) is 12.2. The van der Waals surface area contributed by atoms with E-state index in [9.17, 15) is 4.79 Å². The van der Waals surface area contributed by atoms with Crippen LogP contribution in [0, 0.1) is 5.92 Å². The van der Waals surface area contributed by atoms with Gasteiger partial charge in [0.25, 0.3) is 5.91 Å². The first-order chi connectivity index (χ1) is 11.2. The molecule has 2 aliphatic rings. The zero-order valence-corrected chi connectivity index (χ0v) is 12.9. The minimum atomic E-state index is -0.125. The van der Waals surface area contributed by atoms with Crippen molar-refractivity contribution in [2.75, 3.05) is 0 Å². The fourth-order valence-corrected chi connectivity index (χ4v) is 3.23. The first-order valence-electron chi connectivity index (χ1n) is 7.58. The summed E-state index contributed by atoms with van der Waals surface area (Å²) in [4.78, 5) is 17.2. The maximum Gasteiger partial charge on any atom is 0.272 e. The predicted molar refractivity (Wildman–Crippen MR) is 86.4 cm³/mol. The number of halogens is 1. The Balaban J connectivity index is 1.66. The lowest BCUT2D eigenvalue weighted by atomic mass is 10.1. The second-order valence-electron chi connectivity index (χ2n) is 6.33. The third kappa shape index (κ3) is 1.96. The lowest BCUT2D eigenvalue weighted by Crippen LogP contribution is -2.31. The van der Waals surface area contributed by atoms with Crippen LogP contribution in [0.1, 0.15) is 23.3 Å². The van der Waals surface area contributed by atoms with Crippen LogP contribution in [0.4, 0.5) is 0 Å². The highest BCUT2D eigenvalue weighted by molar-refractivity contribution is 6.30. The second-order valence-corrected chi connectivity index (χ2v) is 6.76. The molecule has 5 rings (SSSR count). The Labute approximate surface area is 137 Å². The van der Waals surface area contributed by atoms with Gasteiger partial charge in [-0.25, -0.2) is 9.50 Å². The summed E-state index contributed by atoms with van der Waals surface area (Å²) >= 11 is 5.98. The summed E-state index contributed by atoms with van der Waals surface area (Å²) in [5.74, 6) is 0.557. The number of carbonyl (C=O) groups excluding carboxylic acids is 1. The summed E-state index contributed by atoms with van der Waals surface area (Å²) in [7, 11) is 0. The molecule has 0 atom stereocenters. The van der Waals surface area contributed by atoms with Crippen LogP contribution in [0.3, 0.4) is 0 Å². The third-order valence-corrected chi connectivity index (χ3v) is 5.02. The molecule has 0 bridgehead atoms. The van der Waals surface area contributed by atoms with E-state index in [-0.39, 0.29) is 11.4 Å². The highest BCUT2D eigenvalue weighted by atomic mass is 35.5. The molecule has 0 saturated heterocycles. The number of nitrogens with one attached hydrogen (secondary N) is 1. The van der Waals surface area contributed by atoms with Gasteiger partial charge in [-0.3, -0.25) is 4.79 Å². The number of fused-ring (bicyclic) bond motifs is 2. The van der Waals surface area contributed by atoms with Crippen LogP contribution in [0.5, 0.6) is 0 Å². The first-order valence-corrected chi connectivity index (χ1v) is 7.96. The van der Waals surface area contributed by atoms with E-state index in [1.165, 1.54) is 0 Å². The summed E-state index contributed by atoms with van der Waals surface area (Å²) in [5, 5.41) is 8.13. The van der Waals surface area contributed by atoms with Gasteiger partial charge in [-0.15, -0.1) is 0 Å². The smallest absolute Gasteiger partial charge is 0.272 e. The van der Waals surface area contributed by atoms with Gasteiger partial charge in [-0.2, -0.15) is 5.10 Å². The van der Waals surface area contributed by atoms with E-state index in [0.29, 0.717) is 28.0 Å². The van der Waals surface area contributed by atoms with Crippen LogP contribution in [0.15, 0.2) is 42.6 Å². The van der Waals surface area contributed by atoms with Crippen LogP contribution < -0.4 is 5.32 Å². The average Bonchev–Trinajstić information content (AvgIpc) is 3.34. The normalized spacial score (nSPS) is 24.3. The number of imidazole rings is 1. The van der Waals surface area contributed by atoms with Crippen molar-refractivity contribution in [1.82, 2.24) is 19.9 Å². The van der Waals surface area contributed by atoms with Gasteiger partial charge in [0.15, 0.2) is 11.3 Å². The minimum absolute atomic E-state index is 0.0670. The molecule has 1 amide bonds. The molecule has 114 valence electrons. The minimum Gasteiger partial charge on any atom is -0.345 e. The Hall–Kier alpha value is -2.40. The fraction of sp³-hybridized carbons (Fsp3) is 0.235. The van der Waals surface area contributed by atoms with Crippen LogP contribution in [0.2, 0.25) is 5.02 Å². The molecule has 5 nitrogen and oxygen atoms in total. The fourth-order valence-electron chi connectivity index (χ4n) is 3.10. The van der Waals surface area contributed by atoms with Crippen molar-refractivity contribution in [2.24, 2.45) is 5.92 Å². The summed E-state index contributed by atoms with van der Waals surface area (Å²) in [6.07, 6.45) is 3.88. The highest BCUT2D eigenvalue weighted by Gasteiger charge is 2.70. The topological polar surface area (TPSA) is 59.3 Å². The predicted octanol–water partition coefficient (Wildman–Crippen LogP) is 2.94. The summed E-state index contributed by atoms with van der Waals surface area (Å²) in [6, 6.07) is 11.0. The monoisotopic (exact) mass is 324 g/mol. The molecule has 2 aromatic heterocycles. The molecule has 2 fully saturated rings. The lowest BCUT2D eigenvalue weighted by molar-refractivity contribution is 0.0938. The van der Waals surface area contributed by atoms with Crippen LogP contribution in [-0.4, -0.2) is 26.0 Å². The van der Waals surface area contributed by atoms with Gasteiger partial charge in [0, 0.05) is 22.3 Å². The molecule has 2 aliphatic carbocycles. The van der Waals surface area contributed by atoms with Gasteiger partial charge < -0.3 is 5.32 Å². The van der Waals surface area contributed by atoms with Gasteiger partial charge >= 0.3 is 0 Å². The standard InChI is InChI=1S/C17H13ClN4O/c18-12-5-3-10(4-6-12)15-14(16(23)21-17-8-11(17)9-17)20-13-2-1-7-19-22(13)15/h1-7,11H,8-9H2,(H,21,23). The average molecular weight is 325 g/mol. The lowest BCUT2D eigenvalue weighted by Gasteiger charge is -2.08. The van der Waals surface area contributed by atoms with Crippen molar-refractivity contribution < 1.29 is 4.79 Å². The van der Waals surface area contributed by atoms with E-state index in [1.807, 2.05) is 24.3 Å². The number of carbonyl (C=O) groups is 1. The van der Waals surface area contributed by atoms with Gasteiger partial charge in [0.1, 0.15) is 5.69 Å². The Kier molecular flexibility index (Phi) is 2.46. The van der Waals surface area contributed by atoms with E-state index < -0.39 is 0 Å². The van der Waals surface area contributed by atoms with Crippen molar-refractivity contribution in [3.8, 4) is 11.3 Å². The number of hydrogen-bond acceptors (Lipinski definition) is 3. The van der Waals surface area contributed by atoms with Crippen molar-refractivity contribution in [1.29, 1.82) is 0 Å². The van der Waals surface area contributed by atoms with Crippen LogP contribution in [-0.2, 0) is 0 Å². The van der Waals surface area contributed by atoms with Crippen molar-refractivity contribution in [3.05, 3.63) is 53.3 Å². The van der Waals surface area contributed by atoms with E-state index in [1.54, 1.807) is 22.8 Å². The molecule has 1 N–H and O–H groups in total. The number of rotatable bonds is 3. The maximum atomic E-state index is 12.7. The number of aromatic nitrogens is 3. The Morgan fingerprint density at radius 1 is 1.26 bits per heavy atom. The summed E-state index contributed by atoms with van der Waals surface area (Å²) in [6.45, 7) is 0. The highest BCUT2D eigenvalue weighted by Crippen LogP contribution is 2.66. The molecule has 0 aliphatic heterocycles. The molecule has 0 radical (unpaired) electrons. The molecule has 2 saturated carbocycles. The molecular weight excluding hydrogens is 312 g/mol. The zero-order chi connectivity index (χ0) is 15.6. The molecule has 6 heteroatoms. The van der Waals surface area contributed by atoms with Crippen molar-refractivity contribution in [2.45, 2.75) is 18.4 Å². The van der Waals surface area contributed by atoms with E-state index >= 15 is 0 Å². The number of nitrogens with zero attached hydrogens (tertiary/aromatic N) is 3. The van der Waals surface area contributed by atoms with E-state index in [0.717, 1.165) is 18.4 Å². The molecule has 2 heterocycles. The van der Waals surface area contributed by atoms with Crippen molar-refractivity contribution >= 4 is 23.2 Å². The van der Waals surface area contributed by atoms with E-state index in [2.05, 4.69) is 15.4 Å². The quantitative estimate of drug-likeness (QED) is 0.806. The largest absolute Gasteiger partial charge is 0.345 e. The third-order valence-electron chi connectivity index (χ3n) is 4.77. The second kappa shape index (κ2) is 4.32. The Bertz CT molecular complexity index is 941. The van der Waals surface area contributed by atoms with Gasteiger partial charge in [0.05, 0.1) is 0 Å². The summed E-state index contributed by atoms with van der Waals surface area (Å²) < 4.78 is 1.70. The maximum absolute atomic E-state index is 12.7. The first kappa shape index (κ1) is 13.1. The van der Waals surface area contributed by atoms with Crippen molar-refractivity contribution in [3.63, 3.8) is 0 Å².